The Hall–Kier alpha value is -2.90. The summed E-state index contributed by atoms with van der Waals surface area (Å²) in [6.07, 6.45) is 1.33. The van der Waals surface area contributed by atoms with Gasteiger partial charge in [-0.25, -0.2) is 4.79 Å². The molecule has 0 fully saturated rings. The van der Waals surface area contributed by atoms with Gasteiger partial charge < -0.3 is 14.8 Å². The molecule has 0 saturated heterocycles. The molecule has 29 heavy (non-hydrogen) atoms. The number of benzene rings is 1. The van der Waals surface area contributed by atoms with E-state index in [4.69, 9.17) is 9.47 Å². The van der Waals surface area contributed by atoms with E-state index >= 15 is 0 Å². The van der Waals surface area contributed by atoms with E-state index in [1.54, 1.807) is 19.1 Å². The van der Waals surface area contributed by atoms with Crippen LogP contribution in [0.15, 0.2) is 35.5 Å². The average molecular weight is 404 g/mol. The second-order valence-corrected chi connectivity index (χ2v) is 7.13. The Bertz CT molecular complexity index is 804. The number of carbonyl (C=O) groups is 2. The molecule has 0 aromatic heterocycles. The summed E-state index contributed by atoms with van der Waals surface area (Å²) in [6.45, 7) is 7.88. The van der Waals surface area contributed by atoms with Gasteiger partial charge in [0, 0.05) is 29.8 Å². The third-order valence-corrected chi connectivity index (χ3v) is 4.87. The minimum atomic E-state index is -0.726. The van der Waals surface area contributed by atoms with E-state index in [9.17, 15) is 19.7 Å². The van der Waals surface area contributed by atoms with Crippen LogP contribution in [0.25, 0.3) is 0 Å². The van der Waals surface area contributed by atoms with Crippen molar-refractivity contribution in [1.29, 1.82) is 0 Å². The Labute approximate surface area is 170 Å². The maximum atomic E-state index is 12.9. The number of nitrogens with one attached hydrogen (secondary N) is 1. The lowest BCUT2D eigenvalue weighted by atomic mass is 9.73. The summed E-state index contributed by atoms with van der Waals surface area (Å²) in [5.74, 6) is -2.42. The Kier molecular flexibility index (Phi) is 7.75. The van der Waals surface area contributed by atoms with E-state index in [1.165, 1.54) is 12.1 Å². The van der Waals surface area contributed by atoms with Gasteiger partial charge in [-0.2, -0.15) is 0 Å². The highest BCUT2D eigenvalue weighted by molar-refractivity contribution is 5.93. The van der Waals surface area contributed by atoms with Crippen LogP contribution in [0.4, 0.5) is 5.69 Å². The van der Waals surface area contributed by atoms with Crippen molar-refractivity contribution in [1.82, 2.24) is 5.32 Å². The Morgan fingerprint density at radius 2 is 1.83 bits per heavy atom. The fourth-order valence-corrected chi connectivity index (χ4v) is 3.61. The molecule has 2 rings (SSSR count). The number of hydrogen-bond acceptors (Lipinski definition) is 7. The molecule has 1 N–H and O–H groups in total. The number of rotatable bonds is 8. The summed E-state index contributed by atoms with van der Waals surface area (Å²) >= 11 is 0. The first kappa shape index (κ1) is 22.4. The SMILES string of the molecule is CCCOC(=O)C1=C(C)N[C@H](C)[C@@H](C(=O)OCCC)[C@@H]1c1cccc([N+](=O)[O-])c1. The molecule has 0 spiro atoms. The van der Waals surface area contributed by atoms with Gasteiger partial charge in [0.15, 0.2) is 0 Å². The maximum Gasteiger partial charge on any atom is 0.336 e. The highest BCUT2D eigenvalue weighted by Crippen LogP contribution is 2.41. The first-order valence-corrected chi connectivity index (χ1v) is 9.87. The van der Waals surface area contributed by atoms with E-state index < -0.39 is 28.7 Å². The lowest BCUT2D eigenvalue weighted by Crippen LogP contribution is -2.47. The third-order valence-electron chi connectivity index (χ3n) is 4.87. The molecule has 1 heterocycles. The molecule has 0 saturated carbocycles. The molecular formula is C21H28N2O6. The quantitative estimate of drug-likeness (QED) is 0.401. The first-order chi connectivity index (χ1) is 13.8. The number of allylic oxidation sites excluding steroid dienone is 1. The molecule has 158 valence electrons. The van der Waals surface area contributed by atoms with Crippen LogP contribution in [0, 0.1) is 16.0 Å². The predicted molar refractivity (Wildman–Crippen MR) is 107 cm³/mol. The largest absolute Gasteiger partial charge is 0.465 e. The van der Waals surface area contributed by atoms with Gasteiger partial charge >= 0.3 is 11.9 Å². The van der Waals surface area contributed by atoms with E-state index in [0.717, 1.165) is 0 Å². The van der Waals surface area contributed by atoms with Crippen LogP contribution in [0.5, 0.6) is 0 Å². The van der Waals surface area contributed by atoms with Crippen LogP contribution in [-0.4, -0.2) is 36.1 Å². The first-order valence-electron chi connectivity index (χ1n) is 9.87. The van der Waals surface area contributed by atoms with Crippen molar-refractivity contribution in [3.63, 3.8) is 0 Å². The molecule has 0 amide bonds. The Morgan fingerprint density at radius 3 is 2.45 bits per heavy atom. The van der Waals surface area contributed by atoms with Gasteiger partial charge in [-0.15, -0.1) is 0 Å². The van der Waals surface area contributed by atoms with Gasteiger partial charge in [0.1, 0.15) is 0 Å². The van der Waals surface area contributed by atoms with Crippen molar-refractivity contribution in [2.24, 2.45) is 5.92 Å². The maximum absolute atomic E-state index is 12.9. The lowest BCUT2D eigenvalue weighted by Gasteiger charge is -2.38. The average Bonchev–Trinajstić information content (AvgIpc) is 2.69. The van der Waals surface area contributed by atoms with Crippen molar-refractivity contribution >= 4 is 17.6 Å². The summed E-state index contributed by atoms with van der Waals surface area (Å²) in [5.41, 5.74) is 1.30. The minimum absolute atomic E-state index is 0.103. The Balaban J connectivity index is 2.58. The molecule has 0 unspecified atom stereocenters. The normalized spacial score (nSPS) is 21.3. The van der Waals surface area contributed by atoms with E-state index in [-0.39, 0.29) is 24.9 Å². The van der Waals surface area contributed by atoms with E-state index in [0.29, 0.717) is 29.7 Å². The summed E-state index contributed by atoms with van der Waals surface area (Å²) in [6, 6.07) is 5.70. The number of ether oxygens (including phenoxy) is 2. The summed E-state index contributed by atoms with van der Waals surface area (Å²) < 4.78 is 10.7. The Morgan fingerprint density at radius 1 is 1.17 bits per heavy atom. The monoisotopic (exact) mass is 404 g/mol. The highest BCUT2D eigenvalue weighted by atomic mass is 16.6. The van der Waals surface area contributed by atoms with Crippen LogP contribution in [0.1, 0.15) is 52.0 Å². The molecule has 8 heteroatoms. The number of nitro groups is 1. The molecule has 3 atom stereocenters. The van der Waals surface area contributed by atoms with Crippen LogP contribution in [0.2, 0.25) is 0 Å². The molecule has 0 aliphatic carbocycles. The van der Waals surface area contributed by atoms with E-state index in [1.807, 2.05) is 20.8 Å². The van der Waals surface area contributed by atoms with Crippen LogP contribution >= 0.6 is 0 Å². The van der Waals surface area contributed by atoms with Gasteiger partial charge in [-0.1, -0.05) is 26.0 Å². The summed E-state index contributed by atoms with van der Waals surface area (Å²) in [7, 11) is 0. The molecule has 1 aromatic rings. The number of nitrogens with zero attached hydrogens (tertiary/aromatic N) is 1. The number of hydrogen-bond donors (Lipinski definition) is 1. The zero-order valence-corrected chi connectivity index (χ0v) is 17.3. The number of carbonyl (C=O) groups excluding carboxylic acids is 2. The molecular weight excluding hydrogens is 376 g/mol. The van der Waals surface area contributed by atoms with Gasteiger partial charge in [0.2, 0.25) is 0 Å². The fourth-order valence-electron chi connectivity index (χ4n) is 3.61. The molecule has 1 aliphatic rings. The molecule has 0 radical (unpaired) electrons. The summed E-state index contributed by atoms with van der Waals surface area (Å²) in [4.78, 5) is 36.5. The third kappa shape index (κ3) is 5.13. The number of non-ortho nitro benzene ring substituents is 1. The molecule has 1 aliphatic heterocycles. The number of esters is 2. The van der Waals surface area contributed by atoms with Crippen molar-refractivity contribution in [2.45, 2.75) is 52.5 Å². The minimum Gasteiger partial charge on any atom is -0.465 e. The fraction of sp³-hybridized carbons (Fsp3) is 0.524. The van der Waals surface area contributed by atoms with Gasteiger partial charge in [0.05, 0.1) is 29.6 Å². The van der Waals surface area contributed by atoms with Crippen molar-refractivity contribution in [3.8, 4) is 0 Å². The molecule has 0 bridgehead atoms. The van der Waals surface area contributed by atoms with Crippen LogP contribution in [0.3, 0.4) is 0 Å². The second-order valence-electron chi connectivity index (χ2n) is 7.13. The zero-order chi connectivity index (χ0) is 21.6. The highest BCUT2D eigenvalue weighted by Gasteiger charge is 2.44. The van der Waals surface area contributed by atoms with Crippen LogP contribution < -0.4 is 5.32 Å². The molecule has 1 aromatic carbocycles. The lowest BCUT2D eigenvalue weighted by molar-refractivity contribution is -0.384. The predicted octanol–water partition coefficient (Wildman–Crippen LogP) is 3.47. The molecule has 8 nitrogen and oxygen atoms in total. The van der Waals surface area contributed by atoms with Crippen LogP contribution in [-0.2, 0) is 19.1 Å². The summed E-state index contributed by atoms with van der Waals surface area (Å²) in [5, 5.41) is 14.5. The second kappa shape index (κ2) is 10.0. The van der Waals surface area contributed by atoms with Crippen molar-refractivity contribution < 1.29 is 24.0 Å². The van der Waals surface area contributed by atoms with E-state index in [2.05, 4.69) is 5.32 Å². The standard InChI is InChI=1S/C21H28N2O6/c1-5-10-28-20(24)17-13(3)22-14(4)18(21(25)29-11-6-2)19(17)15-8-7-9-16(12-15)23(26)27/h7-9,12-13,17,19,22H,5-6,10-11H2,1-4H3/t13-,17-,19+/m1/s1. The van der Waals surface area contributed by atoms with Gasteiger partial charge in [-0.05, 0) is 32.3 Å². The number of nitro benzene ring substituents is 1. The topological polar surface area (TPSA) is 108 Å². The van der Waals surface area contributed by atoms with Gasteiger partial charge in [0.25, 0.3) is 5.69 Å². The zero-order valence-electron chi connectivity index (χ0n) is 17.3. The van der Waals surface area contributed by atoms with Gasteiger partial charge in [-0.3, -0.25) is 14.9 Å². The van der Waals surface area contributed by atoms with Crippen molar-refractivity contribution in [3.05, 3.63) is 51.2 Å². The van der Waals surface area contributed by atoms with Crippen molar-refractivity contribution in [2.75, 3.05) is 13.2 Å². The smallest absolute Gasteiger partial charge is 0.336 e.